The van der Waals surface area contributed by atoms with E-state index in [9.17, 15) is 0 Å². The normalized spacial score (nSPS) is 25.1. The number of halogens is 1. The molecule has 1 aliphatic carbocycles. The van der Waals surface area contributed by atoms with Gasteiger partial charge in [0.1, 0.15) is 5.75 Å². The molecule has 1 aromatic carbocycles. The van der Waals surface area contributed by atoms with Gasteiger partial charge in [-0.25, -0.2) is 0 Å². The van der Waals surface area contributed by atoms with Gasteiger partial charge in [0, 0.05) is 16.1 Å². The largest absolute Gasteiger partial charge is 0.490 e. The molecule has 1 saturated carbocycles. The highest BCUT2D eigenvalue weighted by Crippen LogP contribution is 2.33. The quantitative estimate of drug-likeness (QED) is 0.861. The van der Waals surface area contributed by atoms with Crippen molar-refractivity contribution in [3.05, 3.63) is 28.2 Å². The first kappa shape index (κ1) is 14.9. The first-order valence-electron chi connectivity index (χ1n) is 7.31. The van der Waals surface area contributed by atoms with Crippen molar-refractivity contribution in [1.82, 2.24) is 0 Å². The van der Waals surface area contributed by atoms with Gasteiger partial charge in [0.15, 0.2) is 0 Å². The lowest BCUT2D eigenvalue weighted by Gasteiger charge is -2.30. The van der Waals surface area contributed by atoms with Crippen LogP contribution in [0.3, 0.4) is 0 Å². The van der Waals surface area contributed by atoms with E-state index < -0.39 is 0 Å². The average molecular weight is 326 g/mol. The predicted octanol–water partition coefficient (Wildman–Crippen LogP) is 4.82. The Kier molecular flexibility index (Phi) is 5.28. The molecule has 0 bridgehead atoms. The molecule has 1 aliphatic rings. The summed E-state index contributed by atoms with van der Waals surface area (Å²) >= 11 is 3.51. The molecule has 0 aliphatic heterocycles. The van der Waals surface area contributed by atoms with Crippen molar-refractivity contribution in [2.45, 2.75) is 58.1 Å². The Balaban J connectivity index is 2.11. The third-order valence-electron chi connectivity index (χ3n) is 4.07. The molecular formula is C16H24BrNO. The smallest absolute Gasteiger partial charge is 0.125 e. The van der Waals surface area contributed by atoms with Crippen LogP contribution < -0.4 is 10.5 Å². The second-order valence-electron chi connectivity index (χ2n) is 5.65. The Hall–Kier alpha value is -0.540. The van der Waals surface area contributed by atoms with Crippen LogP contribution in [0, 0.1) is 5.92 Å². The van der Waals surface area contributed by atoms with Crippen molar-refractivity contribution in [3.8, 4) is 5.75 Å². The molecular weight excluding hydrogens is 302 g/mol. The molecule has 19 heavy (non-hydrogen) atoms. The molecule has 0 heterocycles. The van der Waals surface area contributed by atoms with Crippen LogP contribution in [0.25, 0.3) is 0 Å². The Morgan fingerprint density at radius 1 is 1.42 bits per heavy atom. The fourth-order valence-corrected chi connectivity index (χ4v) is 3.23. The van der Waals surface area contributed by atoms with E-state index in [0.717, 1.165) is 21.7 Å². The van der Waals surface area contributed by atoms with Crippen molar-refractivity contribution >= 4 is 15.9 Å². The van der Waals surface area contributed by atoms with E-state index in [1.807, 2.05) is 19.1 Å². The van der Waals surface area contributed by atoms with Gasteiger partial charge in [-0.2, -0.15) is 0 Å². The van der Waals surface area contributed by atoms with Crippen molar-refractivity contribution in [2.75, 3.05) is 0 Å². The highest BCUT2D eigenvalue weighted by atomic mass is 79.9. The van der Waals surface area contributed by atoms with E-state index in [-0.39, 0.29) is 6.04 Å². The van der Waals surface area contributed by atoms with Crippen LogP contribution in [0.2, 0.25) is 0 Å². The summed E-state index contributed by atoms with van der Waals surface area (Å²) in [4.78, 5) is 0. The maximum Gasteiger partial charge on any atom is 0.125 e. The summed E-state index contributed by atoms with van der Waals surface area (Å²) in [6.45, 7) is 4.28. The molecule has 0 radical (unpaired) electrons. The maximum absolute atomic E-state index is 6.25. The molecule has 1 aromatic rings. The summed E-state index contributed by atoms with van der Waals surface area (Å²) in [6.07, 6.45) is 6.60. The van der Waals surface area contributed by atoms with Crippen molar-refractivity contribution in [2.24, 2.45) is 11.7 Å². The molecule has 2 rings (SSSR count). The summed E-state index contributed by atoms with van der Waals surface area (Å²) in [5, 5.41) is 0. The second-order valence-corrected chi connectivity index (χ2v) is 6.57. The predicted molar refractivity (Wildman–Crippen MR) is 83.4 cm³/mol. The molecule has 1 fully saturated rings. The van der Waals surface area contributed by atoms with E-state index in [1.165, 1.54) is 32.1 Å². The van der Waals surface area contributed by atoms with Crippen LogP contribution in [0.1, 0.15) is 57.6 Å². The summed E-state index contributed by atoms with van der Waals surface area (Å²) in [6, 6.07) is 6.15. The highest BCUT2D eigenvalue weighted by Gasteiger charge is 2.23. The van der Waals surface area contributed by atoms with Gasteiger partial charge < -0.3 is 10.5 Å². The van der Waals surface area contributed by atoms with Crippen LogP contribution >= 0.6 is 15.9 Å². The molecule has 0 amide bonds. The molecule has 106 valence electrons. The minimum atomic E-state index is 0.00802. The van der Waals surface area contributed by atoms with Gasteiger partial charge in [0.2, 0.25) is 0 Å². The molecule has 3 heteroatoms. The average Bonchev–Trinajstić information content (AvgIpc) is 2.38. The van der Waals surface area contributed by atoms with E-state index in [2.05, 4.69) is 28.9 Å². The number of rotatable bonds is 4. The number of benzene rings is 1. The standard InChI is InChI=1S/C16H24BrNO/c1-3-12-5-4-6-14(9-12)19-16-10-13(17)7-8-15(16)11(2)18/h7-8,10-12,14H,3-6,9,18H2,1-2H3/t11-,12?,14?/m0/s1. The summed E-state index contributed by atoms with van der Waals surface area (Å²) in [5.41, 5.74) is 7.13. The van der Waals surface area contributed by atoms with Crippen LogP contribution in [0.5, 0.6) is 5.75 Å². The minimum absolute atomic E-state index is 0.00802. The van der Waals surface area contributed by atoms with E-state index in [4.69, 9.17) is 10.5 Å². The van der Waals surface area contributed by atoms with Gasteiger partial charge in [0.05, 0.1) is 6.10 Å². The summed E-state index contributed by atoms with van der Waals surface area (Å²) in [7, 11) is 0. The number of ether oxygens (including phenoxy) is 1. The Bertz CT molecular complexity index is 419. The minimum Gasteiger partial charge on any atom is -0.490 e. The van der Waals surface area contributed by atoms with Gasteiger partial charge >= 0.3 is 0 Å². The van der Waals surface area contributed by atoms with Crippen molar-refractivity contribution in [3.63, 3.8) is 0 Å². The van der Waals surface area contributed by atoms with Crippen LogP contribution in [0.15, 0.2) is 22.7 Å². The molecule has 2 nitrogen and oxygen atoms in total. The van der Waals surface area contributed by atoms with Gasteiger partial charge in [-0.15, -0.1) is 0 Å². The zero-order chi connectivity index (χ0) is 13.8. The lowest BCUT2D eigenvalue weighted by molar-refractivity contribution is 0.120. The van der Waals surface area contributed by atoms with Gasteiger partial charge in [-0.1, -0.05) is 41.8 Å². The highest BCUT2D eigenvalue weighted by molar-refractivity contribution is 9.10. The summed E-state index contributed by atoms with van der Waals surface area (Å²) in [5.74, 6) is 1.77. The third-order valence-corrected chi connectivity index (χ3v) is 4.57. The van der Waals surface area contributed by atoms with Gasteiger partial charge in [-0.3, -0.25) is 0 Å². The fourth-order valence-electron chi connectivity index (χ4n) is 2.89. The first-order valence-corrected chi connectivity index (χ1v) is 8.11. The number of hydrogen-bond acceptors (Lipinski definition) is 2. The van der Waals surface area contributed by atoms with Crippen molar-refractivity contribution < 1.29 is 4.74 Å². The first-order chi connectivity index (χ1) is 9.10. The van der Waals surface area contributed by atoms with Crippen LogP contribution in [-0.2, 0) is 0 Å². The molecule has 0 aromatic heterocycles. The second kappa shape index (κ2) is 6.76. The van der Waals surface area contributed by atoms with E-state index >= 15 is 0 Å². The summed E-state index contributed by atoms with van der Waals surface area (Å²) < 4.78 is 7.30. The molecule has 2 unspecified atom stereocenters. The molecule has 0 saturated heterocycles. The fraction of sp³-hybridized carbons (Fsp3) is 0.625. The van der Waals surface area contributed by atoms with Gasteiger partial charge in [-0.05, 0) is 44.2 Å². The topological polar surface area (TPSA) is 35.2 Å². The number of nitrogens with two attached hydrogens (primary N) is 1. The Morgan fingerprint density at radius 3 is 2.89 bits per heavy atom. The molecule has 0 spiro atoms. The Morgan fingerprint density at radius 2 is 2.21 bits per heavy atom. The maximum atomic E-state index is 6.25. The number of hydrogen-bond donors (Lipinski definition) is 1. The third kappa shape index (κ3) is 3.96. The van der Waals surface area contributed by atoms with Gasteiger partial charge in [0.25, 0.3) is 0 Å². The molecule has 2 N–H and O–H groups in total. The Labute approximate surface area is 124 Å². The van der Waals surface area contributed by atoms with Crippen molar-refractivity contribution in [1.29, 1.82) is 0 Å². The SMILES string of the molecule is CCC1CCCC(Oc2cc(Br)ccc2[C@H](C)N)C1. The van der Waals surface area contributed by atoms with E-state index in [1.54, 1.807) is 0 Å². The lowest BCUT2D eigenvalue weighted by Crippen LogP contribution is -2.26. The lowest BCUT2D eigenvalue weighted by atomic mass is 9.85. The van der Waals surface area contributed by atoms with Crippen LogP contribution in [0.4, 0.5) is 0 Å². The zero-order valence-electron chi connectivity index (χ0n) is 11.9. The zero-order valence-corrected chi connectivity index (χ0v) is 13.4. The monoisotopic (exact) mass is 325 g/mol. The molecule has 3 atom stereocenters. The van der Waals surface area contributed by atoms with Crippen LogP contribution in [-0.4, -0.2) is 6.10 Å². The van der Waals surface area contributed by atoms with E-state index in [0.29, 0.717) is 6.10 Å².